The van der Waals surface area contributed by atoms with Crippen molar-refractivity contribution in [3.05, 3.63) is 12.2 Å². The summed E-state index contributed by atoms with van der Waals surface area (Å²) in [5.74, 6) is -1.76. The number of carboxylic acid groups (broad SMARTS) is 1. The standard InChI is InChI=1S/C11H17N3O4/c12-9(15)5-4-8(10(16)17)13-11(18)14-6-2-1-3-7-14/h1-2,8H,3-7H2,(H2,12,15)(H,13,18)(H,16,17)/t8-/m0/s1. The molecule has 0 aromatic heterocycles. The average Bonchev–Trinajstić information content (AvgIpc) is 2.34. The van der Waals surface area contributed by atoms with E-state index in [-0.39, 0.29) is 12.8 Å². The number of nitrogens with one attached hydrogen (secondary N) is 1. The van der Waals surface area contributed by atoms with Crippen molar-refractivity contribution in [2.24, 2.45) is 5.73 Å². The van der Waals surface area contributed by atoms with Gasteiger partial charge in [-0.3, -0.25) is 4.79 Å². The lowest BCUT2D eigenvalue weighted by Gasteiger charge is -2.25. The van der Waals surface area contributed by atoms with Gasteiger partial charge in [0.25, 0.3) is 0 Å². The van der Waals surface area contributed by atoms with E-state index in [1.54, 1.807) is 0 Å². The molecule has 100 valence electrons. The fourth-order valence-corrected chi connectivity index (χ4v) is 1.61. The van der Waals surface area contributed by atoms with Crippen molar-refractivity contribution in [3.63, 3.8) is 0 Å². The highest BCUT2D eigenvalue weighted by Gasteiger charge is 2.23. The van der Waals surface area contributed by atoms with Gasteiger partial charge in [0.1, 0.15) is 6.04 Å². The molecule has 7 heteroatoms. The first-order valence-corrected chi connectivity index (χ1v) is 5.72. The number of aliphatic carboxylic acids is 1. The molecule has 18 heavy (non-hydrogen) atoms. The van der Waals surface area contributed by atoms with Gasteiger partial charge in [0, 0.05) is 19.5 Å². The zero-order valence-electron chi connectivity index (χ0n) is 9.96. The van der Waals surface area contributed by atoms with Crippen LogP contribution < -0.4 is 11.1 Å². The van der Waals surface area contributed by atoms with Crippen LogP contribution in [0, 0.1) is 0 Å². The van der Waals surface area contributed by atoms with E-state index in [1.807, 2.05) is 12.2 Å². The zero-order chi connectivity index (χ0) is 13.5. The van der Waals surface area contributed by atoms with Gasteiger partial charge < -0.3 is 21.1 Å². The highest BCUT2D eigenvalue weighted by atomic mass is 16.4. The quantitative estimate of drug-likeness (QED) is 0.584. The Morgan fingerprint density at radius 1 is 1.39 bits per heavy atom. The predicted molar refractivity (Wildman–Crippen MR) is 63.7 cm³/mol. The van der Waals surface area contributed by atoms with Crippen molar-refractivity contribution >= 4 is 17.9 Å². The first-order chi connectivity index (χ1) is 8.50. The molecule has 0 spiro atoms. The molecule has 1 heterocycles. The third-order valence-corrected chi connectivity index (χ3v) is 2.62. The molecule has 3 amide bonds. The zero-order valence-corrected chi connectivity index (χ0v) is 9.96. The lowest BCUT2D eigenvalue weighted by Crippen LogP contribution is -2.49. The molecule has 0 unspecified atom stereocenters. The Balaban J connectivity index is 2.49. The summed E-state index contributed by atoms with van der Waals surface area (Å²) in [4.78, 5) is 34.8. The molecule has 1 aliphatic rings. The van der Waals surface area contributed by atoms with E-state index in [1.165, 1.54) is 4.90 Å². The number of hydrogen-bond acceptors (Lipinski definition) is 3. The normalized spacial score (nSPS) is 16.1. The summed E-state index contributed by atoms with van der Waals surface area (Å²) in [6.45, 7) is 1.03. The lowest BCUT2D eigenvalue weighted by atomic mass is 10.1. The third-order valence-electron chi connectivity index (χ3n) is 2.62. The monoisotopic (exact) mass is 255 g/mol. The number of primary amides is 1. The number of rotatable bonds is 5. The minimum Gasteiger partial charge on any atom is -0.480 e. The average molecular weight is 255 g/mol. The summed E-state index contributed by atoms with van der Waals surface area (Å²) in [6.07, 6.45) is 4.50. The largest absolute Gasteiger partial charge is 0.480 e. The van der Waals surface area contributed by atoms with E-state index in [0.29, 0.717) is 13.1 Å². The second-order valence-electron chi connectivity index (χ2n) is 4.05. The Labute approximate surface area is 105 Å². The Kier molecular flexibility index (Phi) is 5.16. The molecule has 1 atom stereocenters. The van der Waals surface area contributed by atoms with E-state index < -0.39 is 23.9 Å². The molecule has 7 nitrogen and oxygen atoms in total. The molecule has 0 bridgehead atoms. The number of carbonyl (C=O) groups excluding carboxylic acids is 2. The predicted octanol–water partition coefficient (Wildman–Crippen LogP) is -0.323. The molecule has 0 aromatic rings. The molecule has 0 radical (unpaired) electrons. The van der Waals surface area contributed by atoms with Gasteiger partial charge in [-0.05, 0) is 12.8 Å². The third kappa shape index (κ3) is 4.44. The Hall–Kier alpha value is -2.05. The van der Waals surface area contributed by atoms with Crippen LogP contribution in [0.5, 0.6) is 0 Å². The second-order valence-corrected chi connectivity index (χ2v) is 4.05. The van der Waals surface area contributed by atoms with E-state index in [0.717, 1.165) is 6.42 Å². The molecule has 0 saturated heterocycles. The topological polar surface area (TPSA) is 113 Å². The van der Waals surface area contributed by atoms with Gasteiger partial charge >= 0.3 is 12.0 Å². The first kappa shape index (κ1) is 14.0. The SMILES string of the molecule is NC(=O)CC[C@H](NC(=O)N1CC=CCC1)C(=O)O. The summed E-state index contributed by atoms with van der Waals surface area (Å²) >= 11 is 0. The molecular weight excluding hydrogens is 238 g/mol. The maximum absolute atomic E-state index is 11.8. The van der Waals surface area contributed by atoms with Crippen LogP contribution in [-0.4, -0.2) is 47.0 Å². The van der Waals surface area contributed by atoms with E-state index in [2.05, 4.69) is 5.32 Å². The van der Waals surface area contributed by atoms with Gasteiger partial charge in [-0.15, -0.1) is 0 Å². The summed E-state index contributed by atoms with van der Waals surface area (Å²) < 4.78 is 0. The number of carbonyl (C=O) groups is 3. The number of nitrogens with two attached hydrogens (primary N) is 1. The minimum atomic E-state index is -1.17. The van der Waals surface area contributed by atoms with Crippen molar-refractivity contribution in [2.75, 3.05) is 13.1 Å². The molecular formula is C11H17N3O4. The first-order valence-electron chi connectivity index (χ1n) is 5.72. The van der Waals surface area contributed by atoms with E-state index >= 15 is 0 Å². The van der Waals surface area contributed by atoms with Gasteiger partial charge in [-0.2, -0.15) is 0 Å². The molecule has 0 fully saturated rings. The van der Waals surface area contributed by atoms with E-state index in [9.17, 15) is 14.4 Å². The minimum absolute atomic E-state index is 0.0000853. The Bertz CT molecular complexity index is 367. The number of nitrogens with zero attached hydrogens (tertiary/aromatic N) is 1. The Morgan fingerprint density at radius 2 is 2.11 bits per heavy atom. The van der Waals surface area contributed by atoms with Crippen LogP contribution >= 0.6 is 0 Å². The molecule has 1 rings (SSSR count). The maximum atomic E-state index is 11.8. The number of hydrogen-bond donors (Lipinski definition) is 3. The molecule has 4 N–H and O–H groups in total. The molecule has 0 saturated carbocycles. The van der Waals surface area contributed by atoms with Crippen LogP contribution in [0.2, 0.25) is 0 Å². The summed E-state index contributed by atoms with van der Waals surface area (Å²) in [5.41, 5.74) is 4.95. The van der Waals surface area contributed by atoms with E-state index in [4.69, 9.17) is 10.8 Å². The van der Waals surface area contributed by atoms with Crippen molar-refractivity contribution in [1.29, 1.82) is 0 Å². The highest BCUT2D eigenvalue weighted by molar-refractivity contribution is 5.83. The summed E-state index contributed by atoms with van der Waals surface area (Å²) in [6, 6.07) is -1.52. The van der Waals surface area contributed by atoms with Crippen LogP contribution in [0.3, 0.4) is 0 Å². The fraction of sp³-hybridized carbons (Fsp3) is 0.545. The van der Waals surface area contributed by atoms with Crippen molar-refractivity contribution in [2.45, 2.75) is 25.3 Å². The number of amides is 3. The Morgan fingerprint density at radius 3 is 2.61 bits per heavy atom. The van der Waals surface area contributed by atoms with Crippen LogP contribution in [-0.2, 0) is 9.59 Å². The van der Waals surface area contributed by atoms with Crippen molar-refractivity contribution in [3.8, 4) is 0 Å². The smallest absolute Gasteiger partial charge is 0.326 e. The lowest BCUT2D eigenvalue weighted by molar-refractivity contribution is -0.139. The number of carboxylic acids is 1. The molecule has 1 aliphatic heterocycles. The molecule has 0 aromatic carbocycles. The second kappa shape index (κ2) is 6.63. The summed E-state index contributed by atoms with van der Waals surface area (Å²) in [7, 11) is 0. The highest BCUT2D eigenvalue weighted by Crippen LogP contribution is 2.04. The summed E-state index contributed by atoms with van der Waals surface area (Å²) in [5, 5.41) is 11.3. The van der Waals surface area contributed by atoms with Crippen LogP contribution in [0.4, 0.5) is 4.79 Å². The van der Waals surface area contributed by atoms with Gasteiger partial charge in [0.15, 0.2) is 0 Å². The molecule has 0 aliphatic carbocycles. The van der Waals surface area contributed by atoms with Gasteiger partial charge in [0.05, 0.1) is 0 Å². The van der Waals surface area contributed by atoms with Crippen LogP contribution in [0.1, 0.15) is 19.3 Å². The van der Waals surface area contributed by atoms with Crippen LogP contribution in [0.15, 0.2) is 12.2 Å². The van der Waals surface area contributed by atoms with Gasteiger partial charge in [-0.25, -0.2) is 9.59 Å². The van der Waals surface area contributed by atoms with Gasteiger partial charge in [-0.1, -0.05) is 12.2 Å². The van der Waals surface area contributed by atoms with Gasteiger partial charge in [0.2, 0.25) is 5.91 Å². The van der Waals surface area contributed by atoms with Crippen LogP contribution in [0.25, 0.3) is 0 Å². The van der Waals surface area contributed by atoms with Crippen molar-refractivity contribution < 1.29 is 19.5 Å². The van der Waals surface area contributed by atoms with Crippen molar-refractivity contribution in [1.82, 2.24) is 10.2 Å². The number of urea groups is 1. The fourth-order valence-electron chi connectivity index (χ4n) is 1.61. The maximum Gasteiger partial charge on any atom is 0.326 e.